The van der Waals surface area contributed by atoms with Crippen LogP contribution in [0.4, 0.5) is 5.00 Å². The lowest BCUT2D eigenvalue weighted by molar-refractivity contribution is 0.565. The van der Waals surface area contributed by atoms with Gasteiger partial charge in [0, 0.05) is 0 Å². The maximum atomic E-state index is 5.60. The first-order chi connectivity index (χ1) is 7.33. The first-order valence-electron chi connectivity index (χ1n) is 4.50. The number of nitrogens with zero attached hydrogens (tertiary/aromatic N) is 5. The summed E-state index contributed by atoms with van der Waals surface area (Å²) in [4.78, 5) is 4.16. The van der Waals surface area contributed by atoms with Crippen molar-refractivity contribution in [3.05, 3.63) is 6.20 Å². The Balaban J connectivity index is 1.84. The highest BCUT2D eigenvalue weighted by molar-refractivity contribution is 8.00. The van der Waals surface area contributed by atoms with Crippen LogP contribution in [-0.2, 0) is 0 Å². The van der Waals surface area contributed by atoms with Crippen LogP contribution in [0.5, 0.6) is 0 Å². The van der Waals surface area contributed by atoms with Gasteiger partial charge in [-0.25, -0.2) is 9.67 Å². The fraction of sp³-hybridized carbons (Fsp3) is 0.429. The van der Waals surface area contributed by atoms with Crippen LogP contribution < -0.4 is 5.73 Å². The number of hydrogen-bond donors (Lipinski definition) is 1. The van der Waals surface area contributed by atoms with Crippen molar-refractivity contribution >= 4 is 28.1 Å². The summed E-state index contributed by atoms with van der Waals surface area (Å²) < 4.78 is 2.74. The minimum Gasteiger partial charge on any atom is -0.389 e. The first-order valence-corrected chi connectivity index (χ1v) is 6.13. The molecule has 2 aromatic rings. The molecule has 0 unspecified atom stereocenters. The Labute approximate surface area is 93.9 Å². The average molecular weight is 240 g/mol. The zero-order chi connectivity index (χ0) is 10.3. The lowest BCUT2D eigenvalue weighted by atomic mass is 10.7. The number of thiazole rings is 1. The van der Waals surface area contributed by atoms with E-state index >= 15 is 0 Å². The molecule has 0 amide bonds. The predicted molar refractivity (Wildman–Crippen MR) is 56.7 cm³/mol. The van der Waals surface area contributed by atoms with Gasteiger partial charge in [0.2, 0.25) is 5.16 Å². The number of rotatable bonds is 3. The second kappa shape index (κ2) is 3.46. The van der Waals surface area contributed by atoms with Gasteiger partial charge in [-0.2, -0.15) is 0 Å². The van der Waals surface area contributed by atoms with E-state index in [0.29, 0.717) is 11.0 Å². The van der Waals surface area contributed by atoms with E-state index in [-0.39, 0.29) is 0 Å². The lowest BCUT2D eigenvalue weighted by Crippen LogP contribution is -1.98. The van der Waals surface area contributed by atoms with Gasteiger partial charge in [-0.15, -0.1) is 5.10 Å². The summed E-state index contributed by atoms with van der Waals surface area (Å²) >= 11 is 2.91. The monoisotopic (exact) mass is 240 g/mol. The molecule has 0 aliphatic heterocycles. The Bertz CT molecular complexity index is 473. The number of tetrazole rings is 1. The second-order valence-corrected chi connectivity index (χ2v) is 5.54. The van der Waals surface area contributed by atoms with E-state index in [0.717, 1.165) is 9.50 Å². The highest BCUT2D eigenvalue weighted by Gasteiger charge is 2.28. The quantitative estimate of drug-likeness (QED) is 0.868. The van der Waals surface area contributed by atoms with Gasteiger partial charge in [-0.3, -0.25) is 0 Å². The summed E-state index contributed by atoms with van der Waals surface area (Å²) in [5.74, 6) is 0. The Morgan fingerprint density at radius 2 is 2.40 bits per heavy atom. The highest BCUT2D eigenvalue weighted by Crippen LogP contribution is 2.38. The van der Waals surface area contributed by atoms with Crippen LogP contribution in [0.2, 0.25) is 0 Å². The minimum absolute atomic E-state index is 0.486. The number of hydrogen-bond acceptors (Lipinski definition) is 7. The smallest absolute Gasteiger partial charge is 0.216 e. The predicted octanol–water partition coefficient (Wildman–Crippen LogP) is 1.20. The Hall–Kier alpha value is -1.15. The van der Waals surface area contributed by atoms with Gasteiger partial charge in [0.25, 0.3) is 0 Å². The summed E-state index contributed by atoms with van der Waals surface area (Å²) in [5.41, 5.74) is 5.60. The van der Waals surface area contributed by atoms with Gasteiger partial charge in [0.1, 0.15) is 5.00 Å². The van der Waals surface area contributed by atoms with Crippen molar-refractivity contribution in [2.45, 2.75) is 28.4 Å². The topological polar surface area (TPSA) is 82.5 Å². The van der Waals surface area contributed by atoms with Crippen LogP contribution in [0, 0.1) is 0 Å². The minimum atomic E-state index is 0.486. The third-order valence-corrected chi connectivity index (χ3v) is 3.89. The molecule has 0 saturated heterocycles. The summed E-state index contributed by atoms with van der Waals surface area (Å²) in [5, 5.41) is 13.1. The van der Waals surface area contributed by atoms with Crippen molar-refractivity contribution in [3.63, 3.8) is 0 Å². The van der Waals surface area contributed by atoms with Gasteiger partial charge < -0.3 is 5.73 Å². The number of nitrogen functional groups attached to an aromatic ring is 1. The van der Waals surface area contributed by atoms with Crippen LogP contribution in [0.15, 0.2) is 15.7 Å². The fourth-order valence-electron chi connectivity index (χ4n) is 1.20. The molecule has 0 radical (unpaired) electrons. The second-order valence-electron chi connectivity index (χ2n) is 3.27. The SMILES string of the molecule is Nc1cnc(Sc2nnnn2C2CC2)s1. The van der Waals surface area contributed by atoms with E-state index in [2.05, 4.69) is 20.5 Å². The van der Waals surface area contributed by atoms with Crippen molar-refractivity contribution in [2.75, 3.05) is 5.73 Å². The van der Waals surface area contributed by atoms with E-state index < -0.39 is 0 Å². The molecule has 6 nitrogen and oxygen atoms in total. The number of anilines is 1. The first kappa shape index (κ1) is 9.10. The molecule has 1 aliphatic carbocycles. The molecule has 15 heavy (non-hydrogen) atoms. The number of nitrogens with two attached hydrogens (primary N) is 1. The molecule has 0 aromatic carbocycles. The van der Waals surface area contributed by atoms with Crippen LogP contribution in [0.25, 0.3) is 0 Å². The summed E-state index contributed by atoms with van der Waals surface area (Å²) in [7, 11) is 0. The molecule has 0 bridgehead atoms. The Morgan fingerprint density at radius 1 is 1.53 bits per heavy atom. The van der Waals surface area contributed by atoms with Crippen LogP contribution in [-0.4, -0.2) is 25.2 Å². The molecule has 8 heteroatoms. The van der Waals surface area contributed by atoms with Crippen LogP contribution in [0.1, 0.15) is 18.9 Å². The normalized spacial score (nSPS) is 15.7. The molecule has 0 atom stereocenters. The van der Waals surface area contributed by atoms with Crippen molar-refractivity contribution in [3.8, 4) is 0 Å². The van der Waals surface area contributed by atoms with Gasteiger partial charge in [-0.05, 0) is 35.0 Å². The van der Waals surface area contributed by atoms with Crippen LogP contribution >= 0.6 is 23.1 Å². The molecule has 1 saturated carbocycles. The zero-order valence-corrected chi connectivity index (χ0v) is 9.33. The van der Waals surface area contributed by atoms with E-state index in [1.54, 1.807) is 6.20 Å². The number of aromatic nitrogens is 5. The zero-order valence-electron chi connectivity index (χ0n) is 7.70. The summed E-state index contributed by atoms with van der Waals surface area (Å²) in [6, 6.07) is 0.486. The van der Waals surface area contributed by atoms with Gasteiger partial charge >= 0.3 is 0 Å². The van der Waals surface area contributed by atoms with E-state index in [9.17, 15) is 0 Å². The molecular weight excluding hydrogens is 232 g/mol. The molecular formula is C7H8N6S2. The summed E-state index contributed by atoms with van der Waals surface area (Å²) in [6.07, 6.45) is 3.98. The van der Waals surface area contributed by atoms with Gasteiger partial charge in [-0.1, -0.05) is 11.3 Å². The molecule has 1 aliphatic rings. The lowest BCUT2D eigenvalue weighted by Gasteiger charge is -1.98. The fourth-order valence-corrected chi connectivity index (χ4v) is 2.91. The van der Waals surface area contributed by atoms with E-state index in [4.69, 9.17) is 5.73 Å². The maximum absolute atomic E-state index is 5.60. The average Bonchev–Trinajstić information content (AvgIpc) is 2.83. The van der Waals surface area contributed by atoms with Crippen molar-refractivity contribution < 1.29 is 0 Å². The molecule has 2 heterocycles. The molecule has 2 aromatic heterocycles. The van der Waals surface area contributed by atoms with Crippen molar-refractivity contribution in [1.29, 1.82) is 0 Å². The molecule has 0 spiro atoms. The van der Waals surface area contributed by atoms with Crippen molar-refractivity contribution in [1.82, 2.24) is 25.2 Å². The highest BCUT2D eigenvalue weighted by atomic mass is 32.2. The maximum Gasteiger partial charge on any atom is 0.216 e. The summed E-state index contributed by atoms with van der Waals surface area (Å²) in [6.45, 7) is 0. The van der Waals surface area contributed by atoms with Crippen LogP contribution in [0.3, 0.4) is 0 Å². The Morgan fingerprint density at radius 3 is 3.07 bits per heavy atom. The van der Waals surface area contributed by atoms with Crippen molar-refractivity contribution in [2.24, 2.45) is 0 Å². The van der Waals surface area contributed by atoms with Gasteiger partial charge in [0.05, 0.1) is 12.2 Å². The van der Waals surface area contributed by atoms with E-state index in [1.807, 2.05) is 4.68 Å². The van der Waals surface area contributed by atoms with Gasteiger partial charge in [0.15, 0.2) is 4.34 Å². The molecule has 1 fully saturated rings. The standard InChI is InChI=1S/C7H8N6S2/c8-5-3-9-7(14-5)15-6-10-11-12-13(6)4-1-2-4/h3-4H,1-2,8H2. The third kappa shape index (κ3) is 1.82. The van der Waals surface area contributed by atoms with E-state index in [1.165, 1.54) is 35.9 Å². The third-order valence-electron chi connectivity index (χ3n) is 2.04. The molecule has 3 rings (SSSR count). The molecule has 2 N–H and O–H groups in total. The Kier molecular flexibility index (Phi) is 2.10. The largest absolute Gasteiger partial charge is 0.389 e. The molecule has 78 valence electrons.